The number of rotatable bonds is 4. The molecular formula is C15H21N3OS. The van der Waals surface area contributed by atoms with Gasteiger partial charge in [0, 0.05) is 6.54 Å². The van der Waals surface area contributed by atoms with Gasteiger partial charge < -0.3 is 14.9 Å². The van der Waals surface area contributed by atoms with Crippen LogP contribution in [0.15, 0.2) is 18.2 Å². The summed E-state index contributed by atoms with van der Waals surface area (Å²) in [7, 11) is 0. The Morgan fingerprint density at radius 2 is 2.10 bits per heavy atom. The first-order chi connectivity index (χ1) is 9.40. The lowest BCUT2D eigenvalue weighted by molar-refractivity contribution is -0.123. The van der Waals surface area contributed by atoms with Crippen molar-refractivity contribution in [3.63, 3.8) is 0 Å². The average molecular weight is 291 g/mol. The zero-order valence-corrected chi connectivity index (χ0v) is 13.2. The topological polar surface area (TPSA) is 49.8 Å². The number of aromatic amines is 1. The van der Waals surface area contributed by atoms with Crippen molar-refractivity contribution in [1.29, 1.82) is 0 Å². The number of fused-ring (bicyclic) bond motifs is 1. The Balaban J connectivity index is 2.36. The number of imidazole rings is 1. The number of aryl methyl sites for hydroxylation is 1. The molecule has 1 aromatic heterocycles. The van der Waals surface area contributed by atoms with Crippen LogP contribution in [0.4, 0.5) is 0 Å². The summed E-state index contributed by atoms with van der Waals surface area (Å²) in [5.41, 5.74) is 3.08. The molecule has 1 aromatic carbocycles. The molecular weight excluding hydrogens is 270 g/mol. The third kappa shape index (κ3) is 2.93. The van der Waals surface area contributed by atoms with E-state index in [9.17, 15) is 4.79 Å². The lowest BCUT2D eigenvalue weighted by atomic mass is 10.2. The van der Waals surface area contributed by atoms with Gasteiger partial charge in [0.1, 0.15) is 6.04 Å². The van der Waals surface area contributed by atoms with Crippen LogP contribution < -0.4 is 5.32 Å². The van der Waals surface area contributed by atoms with E-state index < -0.39 is 0 Å². The Kier molecular flexibility index (Phi) is 4.28. The minimum atomic E-state index is -0.322. The van der Waals surface area contributed by atoms with E-state index in [1.54, 1.807) is 0 Å². The molecule has 0 radical (unpaired) electrons. The molecule has 0 aliphatic heterocycles. The maximum atomic E-state index is 12.2. The van der Waals surface area contributed by atoms with Gasteiger partial charge >= 0.3 is 0 Å². The van der Waals surface area contributed by atoms with Crippen molar-refractivity contribution in [2.75, 3.05) is 6.54 Å². The highest BCUT2D eigenvalue weighted by Crippen LogP contribution is 2.20. The highest BCUT2D eigenvalue weighted by molar-refractivity contribution is 7.71. The zero-order valence-electron chi connectivity index (χ0n) is 12.4. The quantitative estimate of drug-likeness (QED) is 0.849. The first-order valence-electron chi connectivity index (χ1n) is 6.88. The van der Waals surface area contributed by atoms with Gasteiger partial charge in [-0.25, -0.2) is 0 Å². The molecule has 0 spiro atoms. The number of hydrogen-bond donors (Lipinski definition) is 2. The molecule has 2 rings (SSSR count). The van der Waals surface area contributed by atoms with E-state index in [4.69, 9.17) is 12.2 Å². The number of aromatic nitrogens is 2. The Hall–Kier alpha value is -1.62. The summed E-state index contributed by atoms with van der Waals surface area (Å²) in [6.45, 7) is 8.74. The molecule has 0 saturated heterocycles. The van der Waals surface area contributed by atoms with Crippen LogP contribution in [-0.2, 0) is 4.79 Å². The molecule has 4 nitrogen and oxygen atoms in total. The number of carbonyl (C=O) groups is 1. The predicted octanol–water partition coefficient (Wildman–Crippen LogP) is 3.34. The van der Waals surface area contributed by atoms with E-state index in [1.807, 2.05) is 36.6 Å². The molecule has 0 aliphatic carbocycles. The van der Waals surface area contributed by atoms with Crippen LogP contribution in [0.25, 0.3) is 11.0 Å². The summed E-state index contributed by atoms with van der Waals surface area (Å²) in [6, 6.07) is 5.75. The van der Waals surface area contributed by atoms with Gasteiger partial charge in [0.15, 0.2) is 4.77 Å². The molecule has 1 heterocycles. The van der Waals surface area contributed by atoms with E-state index in [-0.39, 0.29) is 11.9 Å². The van der Waals surface area contributed by atoms with Crippen molar-refractivity contribution in [3.05, 3.63) is 28.5 Å². The molecule has 0 bridgehead atoms. The Bertz CT molecular complexity index is 684. The molecule has 2 N–H and O–H groups in total. The smallest absolute Gasteiger partial charge is 0.242 e. The van der Waals surface area contributed by atoms with E-state index in [2.05, 4.69) is 24.1 Å². The summed E-state index contributed by atoms with van der Waals surface area (Å²) >= 11 is 5.35. The first kappa shape index (κ1) is 14.8. The van der Waals surface area contributed by atoms with Crippen molar-refractivity contribution in [3.8, 4) is 0 Å². The number of amides is 1. The van der Waals surface area contributed by atoms with Crippen molar-refractivity contribution >= 4 is 29.2 Å². The van der Waals surface area contributed by atoms with Crippen molar-refractivity contribution < 1.29 is 4.79 Å². The Labute approximate surface area is 124 Å². The van der Waals surface area contributed by atoms with E-state index >= 15 is 0 Å². The highest BCUT2D eigenvalue weighted by atomic mass is 32.1. The summed E-state index contributed by atoms with van der Waals surface area (Å²) in [5, 5.41) is 2.96. The minimum Gasteiger partial charge on any atom is -0.354 e. The third-order valence-electron chi connectivity index (χ3n) is 3.32. The SMILES string of the molecule is Cc1ccc2[nH]c(=S)n(C(C)C(=O)NCC(C)C)c2c1. The molecule has 1 unspecified atom stereocenters. The van der Waals surface area contributed by atoms with Crippen LogP contribution in [0.1, 0.15) is 32.4 Å². The van der Waals surface area contributed by atoms with Crippen molar-refractivity contribution in [2.24, 2.45) is 5.92 Å². The van der Waals surface area contributed by atoms with E-state index in [0.717, 1.165) is 16.6 Å². The Morgan fingerprint density at radius 1 is 1.40 bits per heavy atom. The standard InChI is InChI=1S/C15H21N3OS/c1-9(2)8-16-14(19)11(4)18-13-7-10(3)5-6-12(13)17-15(18)20/h5-7,9,11H,8H2,1-4H3,(H,16,19)(H,17,20). The van der Waals surface area contributed by atoms with Crippen LogP contribution in [0, 0.1) is 17.6 Å². The molecule has 1 amide bonds. The van der Waals surface area contributed by atoms with Gasteiger partial charge in [-0.1, -0.05) is 19.9 Å². The number of H-pyrrole nitrogens is 1. The zero-order chi connectivity index (χ0) is 14.9. The number of carbonyl (C=O) groups excluding carboxylic acids is 1. The van der Waals surface area contributed by atoms with Gasteiger partial charge in [-0.3, -0.25) is 4.79 Å². The minimum absolute atomic E-state index is 0.00259. The average Bonchev–Trinajstić information content (AvgIpc) is 2.70. The monoisotopic (exact) mass is 291 g/mol. The summed E-state index contributed by atoms with van der Waals surface area (Å²) in [4.78, 5) is 15.4. The van der Waals surface area contributed by atoms with Crippen LogP contribution in [0.3, 0.4) is 0 Å². The number of nitrogens with zero attached hydrogens (tertiary/aromatic N) is 1. The second-order valence-corrected chi connectivity index (χ2v) is 6.02. The van der Waals surface area contributed by atoms with E-state index in [1.165, 1.54) is 0 Å². The van der Waals surface area contributed by atoms with Crippen molar-refractivity contribution in [2.45, 2.75) is 33.7 Å². The summed E-state index contributed by atoms with van der Waals surface area (Å²) in [6.07, 6.45) is 0. The maximum Gasteiger partial charge on any atom is 0.242 e. The fourth-order valence-corrected chi connectivity index (χ4v) is 2.55. The van der Waals surface area contributed by atoms with Crippen molar-refractivity contribution in [1.82, 2.24) is 14.9 Å². The van der Waals surface area contributed by atoms with Gasteiger partial charge in [-0.05, 0) is 49.7 Å². The normalized spacial score (nSPS) is 12.8. The Morgan fingerprint density at radius 3 is 2.75 bits per heavy atom. The molecule has 20 heavy (non-hydrogen) atoms. The van der Waals surface area contributed by atoms with Gasteiger partial charge in [-0.2, -0.15) is 0 Å². The summed E-state index contributed by atoms with van der Waals surface area (Å²) in [5.74, 6) is 0.432. The number of nitrogens with one attached hydrogen (secondary N) is 2. The van der Waals surface area contributed by atoms with Gasteiger partial charge in [0.2, 0.25) is 5.91 Å². The molecule has 1 atom stereocenters. The second-order valence-electron chi connectivity index (χ2n) is 5.64. The van der Waals surface area contributed by atoms with E-state index in [0.29, 0.717) is 17.2 Å². The van der Waals surface area contributed by atoms with Gasteiger partial charge in [0.05, 0.1) is 11.0 Å². The van der Waals surface area contributed by atoms with Crippen LogP contribution in [0.5, 0.6) is 0 Å². The largest absolute Gasteiger partial charge is 0.354 e. The molecule has 108 valence electrons. The second kappa shape index (κ2) is 5.79. The highest BCUT2D eigenvalue weighted by Gasteiger charge is 2.18. The molecule has 0 saturated carbocycles. The molecule has 2 aromatic rings. The van der Waals surface area contributed by atoms with Gasteiger partial charge in [-0.15, -0.1) is 0 Å². The van der Waals surface area contributed by atoms with Crippen LogP contribution >= 0.6 is 12.2 Å². The molecule has 0 fully saturated rings. The number of benzene rings is 1. The van der Waals surface area contributed by atoms with Gasteiger partial charge in [0.25, 0.3) is 0 Å². The number of hydrogen-bond acceptors (Lipinski definition) is 2. The lowest BCUT2D eigenvalue weighted by Gasteiger charge is -2.16. The third-order valence-corrected chi connectivity index (χ3v) is 3.62. The predicted molar refractivity (Wildman–Crippen MR) is 84.4 cm³/mol. The fraction of sp³-hybridized carbons (Fsp3) is 0.467. The maximum absolute atomic E-state index is 12.2. The molecule has 0 aliphatic rings. The first-order valence-corrected chi connectivity index (χ1v) is 7.29. The summed E-state index contributed by atoms with van der Waals surface area (Å²) < 4.78 is 2.46. The lowest BCUT2D eigenvalue weighted by Crippen LogP contribution is -2.33. The molecule has 5 heteroatoms. The fourth-order valence-electron chi connectivity index (χ4n) is 2.19. The van der Waals surface area contributed by atoms with Crippen LogP contribution in [-0.4, -0.2) is 22.0 Å². The van der Waals surface area contributed by atoms with Crippen LogP contribution in [0.2, 0.25) is 0 Å².